The SMILES string of the molecule is C#C[C@@H](NC(=O)[C@H](CCC(N)=O)NC(=O)[C@@H]1CC[C@@H]2CCN(C(=O)CCCCCC#Cc3cccc4c3CN(C3CCC(=O)NC3=O)C4=O)C[C@H](NC(=O)c3cc4cc(C(F)(F)P(=O)(O)O)ccc4[nH]3)C(=O)N21)c1ccccc1. The molecule has 9 N–H and O–H groups in total. The Kier molecular flexibility index (Phi) is 17.4. The predicted octanol–water partition coefficient (Wildman–Crippen LogP) is 3.09. The van der Waals surface area contributed by atoms with E-state index < -0.39 is 90.5 Å². The van der Waals surface area contributed by atoms with Crippen LogP contribution in [-0.2, 0) is 50.3 Å². The van der Waals surface area contributed by atoms with Gasteiger partial charge in [-0.15, -0.1) is 6.42 Å². The van der Waals surface area contributed by atoms with E-state index in [0.717, 1.165) is 24.3 Å². The van der Waals surface area contributed by atoms with Crippen LogP contribution in [0.2, 0.25) is 0 Å². The van der Waals surface area contributed by atoms with Crippen LogP contribution in [0.4, 0.5) is 8.78 Å². The standard InChI is InChI=1S/C55H58F2N9O12P/c1-2-39(33-13-8-6-9-14-33)60-49(70)41(21-24-46(58)67)61-52(73)45-22-19-36-26-27-64(31-43(54(75)66(36)45)62-50(71)42-29-34-28-35(18-20-40(34)59-42)55(56,57)79(76,77)78)48(69)17-10-5-3-4-7-12-32-15-11-16-37-38(32)30-65(53(37)74)44-23-25-47(68)63-51(44)72/h1,6,8-9,11,13-16,18,20,28-29,36,39,41,43-45,59H,3-5,10,17,19,21-27,30-31H2,(H2,58,67)(H,60,70)(H,61,73)(H,62,71)(H,63,68,72)(H2,76,77,78)/t36-,39-,41+,43+,44?,45+/m1/s1. The number of H-pyrrole nitrogens is 1. The molecule has 0 aliphatic carbocycles. The first-order valence-electron chi connectivity index (χ1n) is 25.8. The number of alkyl halides is 2. The first-order valence-corrected chi connectivity index (χ1v) is 27.4. The second kappa shape index (κ2) is 24.2. The number of rotatable bonds is 18. The van der Waals surface area contributed by atoms with Crippen molar-refractivity contribution in [2.45, 2.75) is 126 Å². The van der Waals surface area contributed by atoms with Crippen molar-refractivity contribution >= 4 is 71.7 Å². The summed E-state index contributed by atoms with van der Waals surface area (Å²) in [6.45, 7) is -0.0481. The fourth-order valence-corrected chi connectivity index (χ4v) is 10.9. The molecule has 0 saturated carbocycles. The number of carbonyl (C=O) groups excluding carboxylic acids is 9. The Hall–Kier alpha value is -8.24. The van der Waals surface area contributed by atoms with Crippen LogP contribution in [0, 0.1) is 24.2 Å². The van der Waals surface area contributed by atoms with Crippen LogP contribution in [0.5, 0.6) is 0 Å². The number of amides is 9. The zero-order chi connectivity index (χ0) is 56.8. The molecule has 4 aliphatic heterocycles. The van der Waals surface area contributed by atoms with Crippen molar-refractivity contribution in [1.29, 1.82) is 0 Å². The van der Waals surface area contributed by atoms with E-state index in [0.29, 0.717) is 54.4 Å². The maximum atomic E-state index is 14.9. The molecular weight excluding hydrogens is 1050 g/mol. The van der Waals surface area contributed by atoms with E-state index in [2.05, 4.69) is 44.0 Å². The minimum atomic E-state index is -5.93. The normalized spacial score (nSPS) is 20.1. The Balaban J connectivity index is 0.949. The number of piperidine rings is 1. The van der Waals surface area contributed by atoms with Gasteiger partial charge in [-0.3, -0.25) is 53.0 Å². The molecule has 0 bridgehead atoms. The van der Waals surface area contributed by atoms with Gasteiger partial charge in [-0.25, -0.2) is 0 Å². The van der Waals surface area contributed by atoms with Gasteiger partial charge in [0, 0.05) is 79.0 Å². The highest BCUT2D eigenvalue weighted by Gasteiger charge is 2.51. The summed E-state index contributed by atoms with van der Waals surface area (Å²) in [5.74, 6) is 3.42. The van der Waals surface area contributed by atoms with Gasteiger partial charge in [0.2, 0.25) is 41.4 Å². The zero-order valence-corrected chi connectivity index (χ0v) is 43.6. The number of carbonyl (C=O) groups is 9. The lowest BCUT2D eigenvalue weighted by molar-refractivity contribution is -0.145. The van der Waals surface area contributed by atoms with Gasteiger partial charge >= 0.3 is 13.3 Å². The van der Waals surface area contributed by atoms with E-state index in [1.54, 1.807) is 48.5 Å². The van der Waals surface area contributed by atoms with Crippen LogP contribution >= 0.6 is 7.60 Å². The minimum absolute atomic E-state index is 0.00964. The average molecular weight is 1110 g/mol. The van der Waals surface area contributed by atoms with Crippen LogP contribution in [0.1, 0.15) is 126 Å². The van der Waals surface area contributed by atoms with Crippen molar-refractivity contribution in [1.82, 2.24) is 41.0 Å². The van der Waals surface area contributed by atoms with E-state index in [9.17, 15) is 66.3 Å². The Morgan fingerprint density at radius 1 is 0.911 bits per heavy atom. The van der Waals surface area contributed by atoms with Gasteiger partial charge < -0.3 is 51.2 Å². The summed E-state index contributed by atoms with van der Waals surface area (Å²) in [7, 11) is -5.93. The lowest BCUT2D eigenvalue weighted by Gasteiger charge is -2.39. The van der Waals surface area contributed by atoms with Gasteiger partial charge in [0.25, 0.3) is 11.8 Å². The van der Waals surface area contributed by atoms with Gasteiger partial charge in [-0.1, -0.05) is 66.6 Å². The molecule has 6 atom stereocenters. The molecule has 8 rings (SSSR count). The maximum Gasteiger partial charge on any atom is 0.399 e. The van der Waals surface area contributed by atoms with Gasteiger partial charge in [-0.2, -0.15) is 8.78 Å². The molecule has 3 fully saturated rings. The summed E-state index contributed by atoms with van der Waals surface area (Å²) in [6.07, 6.45) is 8.44. The molecule has 0 spiro atoms. The van der Waals surface area contributed by atoms with Crippen molar-refractivity contribution < 1.29 is 66.3 Å². The summed E-state index contributed by atoms with van der Waals surface area (Å²) in [6, 6.07) is 11.4. The summed E-state index contributed by atoms with van der Waals surface area (Å²) < 4.78 is 41.0. The number of nitrogens with zero attached hydrogens (tertiary/aromatic N) is 3. The van der Waals surface area contributed by atoms with Crippen molar-refractivity contribution in [2.75, 3.05) is 13.1 Å². The van der Waals surface area contributed by atoms with Gasteiger partial charge in [0.1, 0.15) is 35.9 Å². The topological polar surface area (TPSA) is 311 Å². The molecule has 1 unspecified atom stereocenters. The number of unbranched alkanes of at least 4 members (excludes halogenated alkanes) is 3. The molecule has 0 radical (unpaired) electrons. The molecular formula is C55H58F2N9O12P. The Morgan fingerprint density at radius 3 is 2.41 bits per heavy atom. The number of fused-ring (bicyclic) bond motifs is 3. The summed E-state index contributed by atoms with van der Waals surface area (Å²) in [4.78, 5) is 146. The van der Waals surface area contributed by atoms with Crippen LogP contribution < -0.4 is 27.0 Å². The fraction of sp³-hybridized carbons (Fsp3) is 0.400. The largest absolute Gasteiger partial charge is 0.399 e. The Morgan fingerprint density at radius 2 is 1.68 bits per heavy atom. The maximum absolute atomic E-state index is 14.9. The molecule has 4 aliphatic rings. The predicted molar refractivity (Wildman–Crippen MR) is 279 cm³/mol. The number of halogens is 2. The van der Waals surface area contributed by atoms with E-state index >= 15 is 0 Å². The molecule has 9 amide bonds. The number of terminal acetylenes is 1. The number of nitrogens with one attached hydrogen (secondary N) is 5. The molecule has 3 saturated heterocycles. The lowest BCUT2D eigenvalue weighted by atomic mass is 10.0. The van der Waals surface area contributed by atoms with Crippen molar-refractivity contribution in [2.24, 2.45) is 5.73 Å². The second-order valence-corrected chi connectivity index (χ2v) is 21.5. The number of primary amides is 1. The van der Waals surface area contributed by atoms with Crippen LogP contribution in [0.25, 0.3) is 10.9 Å². The highest BCUT2D eigenvalue weighted by molar-refractivity contribution is 7.52. The number of hydrogen-bond donors (Lipinski definition) is 8. The number of aromatic amines is 1. The summed E-state index contributed by atoms with van der Waals surface area (Å²) >= 11 is 0. The quantitative estimate of drug-likeness (QED) is 0.0309. The third kappa shape index (κ3) is 12.9. The lowest BCUT2D eigenvalue weighted by Crippen LogP contribution is -2.62. The van der Waals surface area contributed by atoms with Crippen LogP contribution in [0.3, 0.4) is 0 Å². The zero-order valence-electron chi connectivity index (χ0n) is 42.7. The van der Waals surface area contributed by atoms with Crippen molar-refractivity contribution in [3.05, 3.63) is 106 Å². The van der Waals surface area contributed by atoms with Crippen LogP contribution in [0.15, 0.2) is 72.8 Å². The van der Waals surface area contributed by atoms with E-state index in [4.69, 9.17) is 12.2 Å². The smallest absolute Gasteiger partial charge is 0.370 e. The van der Waals surface area contributed by atoms with Crippen molar-refractivity contribution in [3.8, 4) is 24.2 Å². The van der Waals surface area contributed by atoms with Gasteiger partial charge in [0.05, 0.1) is 0 Å². The van der Waals surface area contributed by atoms with Crippen molar-refractivity contribution in [3.63, 3.8) is 0 Å². The highest BCUT2D eigenvalue weighted by atomic mass is 31.2. The van der Waals surface area contributed by atoms with Crippen LogP contribution in [-0.4, -0.2) is 126 Å². The monoisotopic (exact) mass is 1110 g/mol. The summed E-state index contributed by atoms with van der Waals surface area (Å²) in [5.41, 5.74) is 2.18. The fourth-order valence-electron chi connectivity index (χ4n) is 10.4. The minimum Gasteiger partial charge on any atom is -0.370 e. The molecule has 4 aromatic rings. The summed E-state index contributed by atoms with van der Waals surface area (Å²) in [5, 5.41) is 10.3. The molecule has 414 valence electrons. The average Bonchev–Trinajstić information content (AvgIpc) is 4.29. The molecule has 24 heteroatoms. The number of benzene rings is 3. The molecule has 1 aromatic heterocycles. The molecule has 79 heavy (non-hydrogen) atoms. The Bertz CT molecular complexity index is 3260. The van der Waals surface area contributed by atoms with E-state index in [1.807, 2.05) is 0 Å². The van der Waals surface area contributed by atoms with Gasteiger partial charge in [0.15, 0.2) is 0 Å². The first-order chi connectivity index (χ1) is 37.6. The molecule has 21 nitrogen and oxygen atoms in total. The van der Waals surface area contributed by atoms with Gasteiger partial charge in [-0.05, 0) is 86.4 Å². The highest BCUT2D eigenvalue weighted by Crippen LogP contribution is 2.59. The molecule has 3 aromatic carbocycles. The number of nitrogens with two attached hydrogens (primary N) is 1. The van der Waals surface area contributed by atoms with E-state index in [-0.39, 0.29) is 98.9 Å². The first kappa shape index (κ1) is 56.9. The van der Waals surface area contributed by atoms with E-state index in [1.165, 1.54) is 14.7 Å². The third-order valence-electron chi connectivity index (χ3n) is 14.6. The second-order valence-electron chi connectivity index (χ2n) is 19.9. The number of aromatic nitrogens is 1. The number of imide groups is 1. The Labute approximate surface area is 452 Å². The number of hydrogen-bond acceptors (Lipinski definition) is 10. The molecule has 5 heterocycles. The third-order valence-corrected chi connectivity index (χ3v) is 15.6.